The first kappa shape index (κ1) is 20.8. The number of benzene rings is 2. The minimum atomic E-state index is -0.222. The van der Waals surface area contributed by atoms with E-state index >= 15 is 0 Å². The number of nitrogens with zero attached hydrogens (tertiary/aromatic N) is 2. The van der Waals surface area contributed by atoms with Crippen LogP contribution in [-0.4, -0.2) is 41.4 Å². The molecule has 2 heterocycles. The number of piperidine rings is 1. The summed E-state index contributed by atoms with van der Waals surface area (Å²) >= 11 is 0. The minimum Gasteiger partial charge on any atom is -0.493 e. The van der Waals surface area contributed by atoms with E-state index in [9.17, 15) is 9.59 Å². The number of carbonyl (C=O) groups is 2. The van der Waals surface area contributed by atoms with Gasteiger partial charge in [0.25, 0.3) is 0 Å². The van der Waals surface area contributed by atoms with Crippen molar-refractivity contribution in [2.24, 2.45) is 5.92 Å². The van der Waals surface area contributed by atoms with Gasteiger partial charge in [-0.15, -0.1) is 0 Å². The molecule has 6 heteroatoms. The van der Waals surface area contributed by atoms with Gasteiger partial charge in [-0.05, 0) is 55.7 Å². The van der Waals surface area contributed by atoms with Gasteiger partial charge in [0.1, 0.15) is 5.75 Å². The van der Waals surface area contributed by atoms with Crippen molar-refractivity contribution in [1.82, 2.24) is 9.88 Å². The Kier molecular flexibility index (Phi) is 6.46. The largest absolute Gasteiger partial charge is 0.493 e. The van der Waals surface area contributed by atoms with Gasteiger partial charge in [-0.2, -0.15) is 0 Å². The first-order valence-electron chi connectivity index (χ1n) is 10.7. The van der Waals surface area contributed by atoms with Crippen molar-refractivity contribution in [1.29, 1.82) is 0 Å². The van der Waals surface area contributed by atoms with Crippen LogP contribution in [0.5, 0.6) is 5.75 Å². The Labute approximate surface area is 182 Å². The quantitative estimate of drug-likeness (QED) is 0.653. The summed E-state index contributed by atoms with van der Waals surface area (Å²) in [6.07, 6.45) is 3.66. The molecule has 0 aliphatic carbocycles. The fourth-order valence-corrected chi connectivity index (χ4v) is 4.01. The van der Waals surface area contributed by atoms with Crippen molar-refractivity contribution < 1.29 is 14.3 Å². The lowest BCUT2D eigenvalue weighted by Gasteiger charge is -2.32. The molecule has 1 atom stereocenters. The van der Waals surface area contributed by atoms with Crippen molar-refractivity contribution in [3.05, 3.63) is 66.4 Å². The molecular formula is C25H27N3O3. The highest BCUT2D eigenvalue weighted by atomic mass is 16.5. The molecule has 0 unspecified atom stereocenters. The Morgan fingerprint density at radius 1 is 1.13 bits per heavy atom. The molecule has 160 valence electrons. The molecule has 0 bridgehead atoms. The zero-order valence-electron chi connectivity index (χ0n) is 17.7. The van der Waals surface area contributed by atoms with E-state index in [2.05, 4.69) is 10.3 Å². The highest BCUT2D eigenvalue weighted by Gasteiger charge is 2.28. The number of ether oxygens (including phenoxy) is 1. The van der Waals surface area contributed by atoms with E-state index in [1.54, 1.807) is 11.1 Å². The van der Waals surface area contributed by atoms with E-state index in [0.717, 1.165) is 40.7 Å². The van der Waals surface area contributed by atoms with E-state index in [4.69, 9.17) is 4.74 Å². The molecule has 0 saturated carbocycles. The summed E-state index contributed by atoms with van der Waals surface area (Å²) in [5.74, 6) is 0.511. The maximum atomic E-state index is 13.0. The lowest BCUT2D eigenvalue weighted by atomic mass is 9.96. The van der Waals surface area contributed by atoms with Crippen LogP contribution in [0.2, 0.25) is 0 Å². The Hall–Kier alpha value is -3.41. The molecule has 31 heavy (non-hydrogen) atoms. The second-order valence-corrected chi connectivity index (χ2v) is 7.91. The number of amides is 2. The normalized spacial score (nSPS) is 16.2. The number of carbonyl (C=O) groups excluding carboxylic acids is 2. The number of aromatic nitrogens is 1. The standard InChI is InChI=1S/C25H27N3O3/c1-18-11-12-22(21-10-5-14-26-24(18)21)27-25(30)19-7-6-15-28(17-19)23(29)13-16-31-20-8-3-2-4-9-20/h2-5,8-12,14,19H,6-7,13,15-17H2,1H3,(H,27,30)/t19-/m0/s1. The van der Waals surface area contributed by atoms with Crippen LogP contribution in [0.15, 0.2) is 60.8 Å². The number of likely N-dealkylation sites (tertiary alicyclic amines) is 1. The van der Waals surface area contributed by atoms with Crippen molar-refractivity contribution >= 4 is 28.4 Å². The smallest absolute Gasteiger partial charge is 0.229 e. The molecule has 1 fully saturated rings. The fourth-order valence-electron chi connectivity index (χ4n) is 4.01. The van der Waals surface area contributed by atoms with Gasteiger partial charge in [0, 0.05) is 24.7 Å². The third-order valence-corrected chi connectivity index (χ3v) is 5.70. The van der Waals surface area contributed by atoms with Crippen LogP contribution >= 0.6 is 0 Å². The molecule has 3 aromatic rings. The second-order valence-electron chi connectivity index (χ2n) is 7.91. The van der Waals surface area contributed by atoms with Crippen LogP contribution in [0.4, 0.5) is 5.69 Å². The van der Waals surface area contributed by atoms with Gasteiger partial charge in [-0.1, -0.05) is 24.3 Å². The third-order valence-electron chi connectivity index (χ3n) is 5.70. The first-order valence-corrected chi connectivity index (χ1v) is 10.7. The van der Waals surface area contributed by atoms with E-state index < -0.39 is 0 Å². The van der Waals surface area contributed by atoms with Crippen LogP contribution in [0.1, 0.15) is 24.8 Å². The lowest BCUT2D eigenvalue weighted by molar-refractivity contribution is -0.135. The Morgan fingerprint density at radius 3 is 2.81 bits per heavy atom. The lowest BCUT2D eigenvalue weighted by Crippen LogP contribution is -2.44. The molecule has 2 amide bonds. The first-order chi connectivity index (χ1) is 15.1. The zero-order chi connectivity index (χ0) is 21.6. The molecular weight excluding hydrogens is 390 g/mol. The zero-order valence-corrected chi connectivity index (χ0v) is 17.7. The monoisotopic (exact) mass is 417 g/mol. The predicted octanol–water partition coefficient (Wildman–Crippen LogP) is 4.19. The van der Waals surface area contributed by atoms with E-state index in [-0.39, 0.29) is 17.7 Å². The van der Waals surface area contributed by atoms with Gasteiger partial charge in [-0.3, -0.25) is 14.6 Å². The number of para-hydroxylation sites is 1. The van der Waals surface area contributed by atoms with Crippen LogP contribution in [0.25, 0.3) is 10.9 Å². The summed E-state index contributed by atoms with van der Waals surface area (Å²) < 4.78 is 5.64. The third kappa shape index (κ3) is 5.02. The molecule has 1 saturated heterocycles. The summed E-state index contributed by atoms with van der Waals surface area (Å²) in [7, 11) is 0. The number of nitrogens with one attached hydrogen (secondary N) is 1. The Bertz CT molecular complexity index is 1070. The highest BCUT2D eigenvalue weighted by Crippen LogP contribution is 2.26. The van der Waals surface area contributed by atoms with Gasteiger partial charge < -0.3 is 15.0 Å². The van der Waals surface area contributed by atoms with E-state index in [1.165, 1.54) is 0 Å². The number of fused-ring (bicyclic) bond motifs is 1. The SMILES string of the molecule is Cc1ccc(NC(=O)[C@H]2CCCN(C(=O)CCOc3ccccc3)C2)c2cccnc12. The topological polar surface area (TPSA) is 71.5 Å². The van der Waals surface area contributed by atoms with Gasteiger partial charge in [0.2, 0.25) is 11.8 Å². The number of aryl methyl sites for hydroxylation is 1. The Balaban J connectivity index is 1.34. The van der Waals surface area contributed by atoms with Crippen molar-refractivity contribution in [2.75, 3.05) is 25.0 Å². The molecule has 1 aliphatic rings. The molecule has 1 aromatic heterocycles. The van der Waals surface area contributed by atoms with E-state index in [0.29, 0.717) is 26.1 Å². The number of anilines is 1. The molecule has 0 spiro atoms. The summed E-state index contributed by atoms with van der Waals surface area (Å²) in [5, 5.41) is 3.99. The maximum Gasteiger partial charge on any atom is 0.229 e. The van der Waals surface area contributed by atoms with Gasteiger partial charge in [-0.25, -0.2) is 0 Å². The van der Waals surface area contributed by atoms with Crippen LogP contribution in [0, 0.1) is 12.8 Å². The van der Waals surface area contributed by atoms with Gasteiger partial charge >= 0.3 is 0 Å². The van der Waals surface area contributed by atoms with Crippen LogP contribution in [-0.2, 0) is 9.59 Å². The average molecular weight is 418 g/mol. The van der Waals surface area contributed by atoms with Gasteiger partial charge in [0.05, 0.1) is 30.1 Å². The van der Waals surface area contributed by atoms with Crippen molar-refractivity contribution in [3.63, 3.8) is 0 Å². The van der Waals surface area contributed by atoms with Crippen molar-refractivity contribution in [3.8, 4) is 5.75 Å². The fraction of sp³-hybridized carbons (Fsp3) is 0.320. The molecule has 1 aliphatic heterocycles. The summed E-state index contributed by atoms with van der Waals surface area (Å²) in [5.41, 5.74) is 2.72. The summed E-state index contributed by atoms with van der Waals surface area (Å²) in [6, 6.07) is 17.2. The number of rotatable bonds is 6. The van der Waals surface area contributed by atoms with E-state index in [1.807, 2.05) is 61.5 Å². The minimum absolute atomic E-state index is 0.0263. The predicted molar refractivity (Wildman–Crippen MR) is 121 cm³/mol. The Morgan fingerprint density at radius 2 is 1.97 bits per heavy atom. The molecule has 2 aromatic carbocycles. The number of hydrogen-bond acceptors (Lipinski definition) is 4. The average Bonchev–Trinajstić information content (AvgIpc) is 2.82. The van der Waals surface area contributed by atoms with Crippen LogP contribution in [0.3, 0.4) is 0 Å². The van der Waals surface area contributed by atoms with Gasteiger partial charge in [0.15, 0.2) is 0 Å². The summed E-state index contributed by atoms with van der Waals surface area (Å²) in [4.78, 5) is 31.8. The van der Waals surface area contributed by atoms with Crippen molar-refractivity contribution in [2.45, 2.75) is 26.2 Å². The molecule has 0 radical (unpaired) electrons. The molecule has 4 rings (SSSR count). The number of hydrogen-bond donors (Lipinski definition) is 1. The summed E-state index contributed by atoms with van der Waals surface area (Å²) in [6.45, 7) is 3.47. The highest BCUT2D eigenvalue weighted by molar-refractivity contribution is 6.02. The molecule has 1 N–H and O–H groups in total. The molecule has 6 nitrogen and oxygen atoms in total. The number of pyridine rings is 1. The second kappa shape index (κ2) is 9.60. The van der Waals surface area contributed by atoms with Crippen LogP contribution < -0.4 is 10.1 Å². The maximum absolute atomic E-state index is 13.0.